The first-order valence-corrected chi connectivity index (χ1v) is 9.32. The van der Waals surface area contributed by atoms with Crippen LogP contribution in [0, 0.1) is 5.92 Å². The Bertz CT molecular complexity index is 383. The van der Waals surface area contributed by atoms with Crippen molar-refractivity contribution in [3.05, 3.63) is 0 Å². The maximum absolute atomic E-state index is 12.8. The van der Waals surface area contributed by atoms with Gasteiger partial charge in [0.05, 0.1) is 0 Å². The number of rotatable bonds is 4. The number of carbonyl (C=O) groups excluding carboxylic acids is 1. The summed E-state index contributed by atoms with van der Waals surface area (Å²) >= 11 is 0. The molecular weight excluding hydrogens is 279 g/mol. The minimum Gasteiger partial charge on any atom is -0.334 e. The second kappa shape index (κ2) is 7.29. The van der Waals surface area contributed by atoms with E-state index in [4.69, 9.17) is 0 Å². The molecule has 3 aliphatic rings. The van der Waals surface area contributed by atoms with E-state index in [9.17, 15) is 9.18 Å². The van der Waals surface area contributed by atoms with Gasteiger partial charge in [0.25, 0.3) is 0 Å². The minimum absolute atomic E-state index is 0.0233. The van der Waals surface area contributed by atoms with E-state index in [-0.39, 0.29) is 11.4 Å². The average molecular weight is 310 g/mol. The van der Waals surface area contributed by atoms with Crippen molar-refractivity contribution in [2.24, 2.45) is 5.92 Å². The summed E-state index contributed by atoms with van der Waals surface area (Å²) < 4.78 is 12.8. The lowest BCUT2D eigenvalue weighted by Crippen LogP contribution is -2.47. The monoisotopic (exact) mass is 310 g/mol. The lowest BCUT2D eigenvalue weighted by Gasteiger charge is -2.38. The van der Waals surface area contributed by atoms with Crippen LogP contribution in [0.1, 0.15) is 64.2 Å². The number of hydrogen-bond donors (Lipinski definition) is 0. The van der Waals surface area contributed by atoms with Gasteiger partial charge in [0.15, 0.2) is 0 Å². The van der Waals surface area contributed by atoms with Crippen molar-refractivity contribution in [3.8, 4) is 0 Å². The van der Waals surface area contributed by atoms with Crippen molar-refractivity contribution >= 4 is 5.91 Å². The summed E-state index contributed by atoms with van der Waals surface area (Å²) in [7, 11) is 0. The fraction of sp³-hybridized carbons (Fsp3) is 0.944. The predicted octanol–water partition coefficient (Wildman–Crippen LogP) is 3.38. The first-order valence-electron chi connectivity index (χ1n) is 9.32. The van der Waals surface area contributed by atoms with Gasteiger partial charge in [0, 0.05) is 31.6 Å². The third kappa shape index (κ3) is 3.47. The molecule has 4 heteroatoms. The zero-order chi connectivity index (χ0) is 15.4. The van der Waals surface area contributed by atoms with E-state index in [0.717, 1.165) is 44.7 Å². The molecule has 126 valence electrons. The fourth-order valence-electron chi connectivity index (χ4n) is 4.99. The van der Waals surface area contributed by atoms with Gasteiger partial charge in [-0.3, -0.25) is 4.79 Å². The summed E-state index contributed by atoms with van der Waals surface area (Å²) in [5.41, 5.74) is -0.0233. The van der Waals surface area contributed by atoms with Crippen LogP contribution < -0.4 is 0 Å². The number of likely N-dealkylation sites (tertiary alicyclic amines) is 2. The van der Waals surface area contributed by atoms with E-state index in [1.165, 1.54) is 38.6 Å². The molecule has 1 saturated carbocycles. The normalized spacial score (nSPS) is 31.9. The van der Waals surface area contributed by atoms with Crippen LogP contribution in [-0.2, 0) is 4.79 Å². The summed E-state index contributed by atoms with van der Waals surface area (Å²) in [5, 5.41) is 0. The van der Waals surface area contributed by atoms with Crippen LogP contribution in [0.4, 0.5) is 4.39 Å². The summed E-state index contributed by atoms with van der Waals surface area (Å²) in [6.45, 7) is 3.40. The highest BCUT2D eigenvalue weighted by atomic mass is 19.1. The molecular formula is C18H31FN2O. The van der Waals surface area contributed by atoms with E-state index < -0.39 is 6.67 Å². The van der Waals surface area contributed by atoms with Crippen LogP contribution in [0.2, 0.25) is 0 Å². The van der Waals surface area contributed by atoms with Crippen molar-refractivity contribution in [3.63, 3.8) is 0 Å². The van der Waals surface area contributed by atoms with Crippen LogP contribution in [0.3, 0.4) is 0 Å². The van der Waals surface area contributed by atoms with Crippen molar-refractivity contribution < 1.29 is 9.18 Å². The highest BCUT2D eigenvalue weighted by Gasteiger charge is 2.45. The first-order chi connectivity index (χ1) is 10.7. The van der Waals surface area contributed by atoms with Crippen LogP contribution >= 0.6 is 0 Å². The molecule has 2 saturated heterocycles. The molecule has 1 spiro atoms. The zero-order valence-electron chi connectivity index (χ0n) is 13.9. The topological polar surface area (TPSA) is 23.6 Å². The minimum atomic E-state index is -0.403. The summed E-state index contributed by atoms with van der Waals surface area (Å²) in [5.74, 6) is 1.06. The number of alkyl halides is 1. The van der Waals surface area contributed by atoms with Gasteiger partial charge in [0.1, 0.15) is 6.67 Å². The molecule has 1 amide bonds. The van der Waals surface area contributed by atoms with Gasteiger partial charge in [0.2, 0.25) is 5.91 Å². The quantitative estimate of drug-likeness (QED) is 0.795. The van der Waals surface area contributed by atoms with Crippen molar-refractivity contribution in [1.82, 2.24) is 9.80 Å². The van der Waals surface area contributed by atoms with Gasteiger partial charge < -0.3 is 9.80 Å². The molecule has 0 radical (unpaired) electrons. The number of carbonyl (C=O) groups is 1. The third-order valence-corrected chi connectivity index (χ3v) is 6.24. The van der Waals surface area contributed by atoms with Gasteiger partial charge in [-0.2, -0.15) is 0 Å². The maximum atomic E-state index is 12.8. The third-order valence-electron chi connectivity index (χ3n) is 6.24. The predicted molar refractivity (Wildman–Crippen MR) is 86.5 cm³/mol. The van der Waals surface area contributed by atoms with Crippen LogP contribution in [-0.4, -0.2) is 54.1 Å². The summed E-state index contributed by atoms with van der Waals surface area (Å²) in [6.07, 6.45) is 11.9. The van der Waals surface area contributed by atoms with Crippen LogP contribution in [0.15, 0.2) is 0 Å². The Kier molecular flexibility index (Phi) is 5.37. The molecule has 0 aromatic heterocycles. The smallest absolute Gasteiger partial charge is 0.223 e. The van der Waals surface area contributed by atoms with Crippen molar-refractivity contribution in [2.75, 3.05) is 32.9 Å². The van der Waals surface area contributed by atoms with Crippen LogP contribution in [0.25, 0.3) is 0 Å². The number of amides is 1. The Morgan fingerprint density at radius 2 is 1.86 bits per heavy atom. The molecule has 3 rings (SSSR count). The fourth-order valence-corrected chi connectivity index (χ4v) is 4.99. The number of hydrogen-bond acceptors (Lipinski definition) is 2. The van der Waals surface area contributed by atoms with E-state index in [0.29, 0.717) is 13.0 Å². The van der Waals surface area contributed by atoms with Crippen LogP contribution in [0.5, 0.6) is 0 Å². The Labute approximate surface area is 134 Å². The molecule has 2 heterocycles. The van der Waals surface area contributed by atoms with Gasteiger partial charge in [-0.1, -0.05) is 19.3 Å². The first kappa shape index (κ1) is 16.2. The zero-order valence-corrected chi connectivity index (χ0v) is 13.9. The number of nitrogens with zero attached hydrogens (tertiary/aromatic N) is 2. The molecule has 2 aliphatic heterocycles. The highest BCUT2D eigenvalue weighted by Crippen LogP contribution is 2.39. The lowest BCUT2D eigenvalue weighted by molar-refractivity contribution is -0.131. The van der Waals surface area contributed by atoms with E-state index in [1.54, 1.807) is 0 Å². The molecule has 0 aromatic carbocycles. The van der Waals surface area contributed by atoms with Crippen molar-refractivity contribution in [1.29, 1.82) is 0 Å². The largest absolute Gasteiger partial charge is 0.334 e. The second-order valence-electron chi connectivity index (χ2n) is 7.62. The van der Waals surface area contributed by atoms with Gasteiger partial charge in [-0.25, -0.2) is 4.39 Å². The molecule has 22 heavy (non-hydrogen) atoms. The molecule has 0 N–H and O–H groups in total. The molecule has 0 bridgehead atoms. The van der Waals surface area contributed by atoms with Gasteiger partial charge >= 0.3 is 0 Å². The molecule has 1 atom stereocenters. The van der Waals surface area contributed by atoms with Crippen molar-refractivity contribution in [2.45, 2.75) is 69.7 Å². The standard InChI is InChI=1S/C18H31FN2O/c19-11-14-21-17(22)7-9-18(21)8-4-12-20(13-10-18)15-16-5-2-1-3-6-16/h16H,1-15H2/t18-/m1/s1. The Morgan fingerprint density at radius 3 is 2.64 bits per heavy atom. The molecule has 3 fully saturated rings. The number of halogens is 1. The molecule has 0 unspecified atom stereocenters. The summed E-state index contributed by atoms with van der Waals surface area (Å²) in [4.78, 5) is 16.6. The Balaban J connectivity index is 1.58. The molecule has 1 aliphatic carbocycles. The molecule has 0 aromatic rings. The Morgan fingerprint density at radius 1 is 1.05 bits per heavy atom. The summed E-state index contributed by atoms with van der Waals surface area (Å²) in [6, 6.07) is 0. The van der Waals surface area contributed by atoms with E-state index in [1.807, 2.05) is 4.90 Å². The Hall–Kier alpha value is -0.640. The average Bonchev–Trinajstić information content (AvgIpc) is 2.72. The maximum Gasteiger partial charge on any atom is 0.223 e. The van der Waals surface area contributed by atoms with Gasteiger partial charge in [-0.05, 0) is 51.0 Å². The second-order valence-corrected chi connectivity index (χ2v) is 7.62. The highest BCUT2D eigenvalue weighted by molar-refractivity contribution is 5.79. The van der Waals surface area contributed by atoms with E-state index >= 15 is 0 Å². The SMILES string of the molecule is O=C1CC[C@@]2(CCCN(CC3CCCCC3)CC2)N1CCF. The molecule has 3 nitrogen and oxygen atoms in total. The lowest BCUT2D eigenvalue weighted by atomic mass is 9.87. The van der Waals surface area contributed by atoms with E-state index in [2.05, 4.69) is 4.90 Å². The van der Waals surface area contributed by atoms with Gasteiger partial charge in [-0.15, -0.1) is 0 Å².